The van der Waals surface area contributed by atoms with E-state index in [0.717, 1.165) is 45.8 Å². The first kappa shape index (κ1) is 26.6. The van der Waals surface area contributed by atoms with Crippen molar-refractivity contribution in [1.82, 2.24) is 4.98 Å². The predicted octanol–water partition coefficient (Wildman–Crippen LogP) is 8.31. The molecule has 0 aliphatic heterocycles. The van der Waals surface area contributed by atoms with Crippen LogP contribution in [0.5, 0.6) is 0 Å². The number of carbonyl (C=O) groups is 2. The molecule has 0 radical (unpaired) electrons. The largest absolute Gasteiger partial charge is 0.462 e. The van der Waals surface area contributed by atoms with E-state index in [2.05, 4.69) is 42.0 Å². The molecule has 0 spiro atoms. The summed E-state index contributed by atoms with van der Waals surface area (Å²) in [5.41, 5.74) is 4.60. The number of hydrogen-bond acceptors (Lipinski definition) is 5. The molecule has 0 saturated heterocycles. The van der Waals surface area contributed by atoms with Gasteiger partial charge in [-0.15, -0.1) is 11.3 Å². The number of rotatable bonds is 5. The van der Waals surface area contributed by atoms with Crippen molar-refractivity contribution in [1.29, 1.82) is 0 Å². The molecule has 1 aliphatic carbocycles. The van der Waals surface area contributed by atoms with Gasteiger partial charge in [-0.1, -0.05) is 67.0 Å². The normalized spacial score (nSPS) is 15.2. The fraction of sp³-hybridized carbons (Fsp3) is 0.323. The number of amides is 1. The van der Waals surface area contributed by atoms with E-state index in [9.17, 15) is 9.59 Å². The molecular weight excluding hydrogens is 560 g/mol. The topological polar surface area (TPSA) is 68.3 Å². The van der Waals surface area contributed by atoms with Crippen LogP contribution in [0.2, 0.25) is 0 Å². The first-order valence-corrected chi connectivity index (χ1v) is 14.6. The minimum Gasteiger partial charge on any atom is -0.462 e. The Balaban J connectivity index is 1.56. The smallest absolute Gasteiger partial charge is 0.341 e. The van der Waals surface area contributed by atoms with Crippen LogP contribution < -0.4 is 5.32 Å². The molecule has 0 fully saturated rings. The van der Waals surface area contributed by atoms with Crippen molar-refractivity contribution < 1.29 is 14.3 Å². The van der Waals surface area contributed by atoms with Crippen molar-refractivity contribution in [3.63, 3.8) is 0 Å². The van der Waals surface area contributed by atoms with Crippen LogP contribution in [-0.4, -0.2) is 23.5 Å². The molecule has 2 heterocycles. The van der Waals surface area contributed by atoms with Crippen molar-refractivity contribution in [2.24, 2.45) is 11.3 Å². The van der Waals surface area contributed by atoms with E-state index in [0.29, 0.717) is 27.7 Å². The summed E-state index contributed by atoms with van der Waals surface area (Å²) in [7, 11) is 0. The van der Waals surface area contributed by atoms with Gasteiger partial charge >= 0.3 is 5.97 Å². The van der Waals surface area contributed by atoms with Gasteiger partial charge in [0.1, 0.15) is 5.00 Å². The molecule has 38 heavy (non-hydrogen) atoms. The lowest BCUT2D eigenvalue weighted by atomic mass is 9.72. The van der Waals surface area contributed by atoms with E-state index < -0.39 is 0 Å². The molecule has 1 atom stereocenters. The zero-order valence-electron chi connectivity index (χ0n) is 22.1. The highest BCUT2D eigenvalue weighted by Crippen LogP contribution is 2.44. The van der Waals surface area contributed by atoms with Crippen molar-refractivity contribution in [2.45, 2.75) is 47.0 Å². The van der Waals surface area contributed by atoms with Gasteiger partial charge in [0.05, 0.1) is 28.9 Å². The maximum Gasteiger partial charge on any atom is 0.341 e. The predicted molar refractivity (Wildman–Crippen MR) is 158 cm³/mol. The lowest BCUT2D eigenvalue weighted by Gasteiger charge is -2.33. The molecule has 1 unspecified atom stereocenters. The molecule has 196 valence electrons. The van der Waals surface area contributed by atoms with Gasteiger partial charge in [-0.25, -0.2) is 9.78 Å². The Hall–Kier alpha value is -3.03. The molecule has 4 aromatic rings. The van der Waals surface area contributed by atoms with Crippen molar-refractivity contribution >= 4 is 55.0 Å². The number of hydrogen-bond donors (Lipinski definition) is 1. The molecule has 1 amide bonds. The van der Waals surface area contributed by atoms with Gasteiger partial charge in [-0.3, -0.25) is 4.79 Å². The van der Waals surface area contributed by atoms with Crippen LogP contribution in [0.25, 0.3) is 22.2 Å². The highest BCUT2D eigenvalue weighted by molar-refractivity contribution is 9.10. The summed E-state index contributed by atoms with van der Waals surface area (Å²) in [6, 6.07) is 17.3. The van der Waals surface area contributed by atoms with Crippen molar-refractivity contribution in [3.05, 3.63) is 80.6 Å². The van der Waals surface area contributed by atoms with E-state index in [-0.39, 0.29) is 23.9 Å². The van der Waals surface area contributed by atoms with Crippen LogP contribution in [0.4, 0.5) is 5.00 Å². The number of aromatic nitrogens is 1. The number of thiophene rings is 1. The van der Waals surface area contributed by atoms with Gasteiger partial charge in [0.25, 0.3) is 5.91 Å². The first-order chi connectivity index (χ1) is 18.2. The lowest BCUT2D eigenvalue weighted by Crippen LogP contribution is -2.26. The molecule has 2 aromatic heterocycles. The Morgan fingerprint density at radius 2 is 1.87 bits per heavy atom. The Kier molecular flexibility index (Phi) is 7.43. The lowest BCUT2D eigenvalue weighted by molar-refractivity contribution is 0.0526. The summed E-state index contributed by atoms with van der Waals surface area (Å²) in [5, 5.41) is 4.43. The van der Waals surface area contributed by atoms with Gasteiger partial charge in [-0.2, -0.15) is 0 Å². The standard InChI is InChI=1S/C31H31BrN2O3S/c1-5-37-30(36)27-22-15-12-19(31(2,3)4)16-26(22)38-29(27)34-28(35)23-17-25(18-10-13-20(32)14-11-18)33-24-9-7-6-8-21(23)24/h6-11,13-14,17,19H,5,12,15-16H2,1-4H3,(H,34,35). The van der Waals surface area contributed by atoms with Crippen molar-refractivity contribution in [2.75, 3.05) is 11.9 Å². The Morgan fingerprint density at radius 1 is 1.13 bits per heavy atom. The van der Waals surface area contributed by atoms with Crippen LogP contribution in [0.15, 0.2) is 59.1 Å². The van der Waals surface area contributed by atoms with Gasteiger partial charge in [-0.05, 0) is 67.3 Å². The number of ether oxygens (including phenoxy) is 1. The number of pyridine rings is 1. The van der Waals surface area contributed by atoms with Crippen LogP contribution >= 0.6 is 27.3 Å². The number of carbonyl (C=O) groups excluding carboxylic acids is 2. The summed E-state index contributed by atoms with van der Waals surface area (Å²) in [6.45, 7) is 8.89. The summed E-state index contributed by atoms with van der Waals surface area (Å²) >= 11 is 4.99. The van der Waals surface area contributed by atoms with E-state index in [1.165, 1.54) is 16.2 Å². The summed E-state index contributed by atoms with van der Waals surface area (Å²) in [6.07, 6.45) is 2.72. The number of nitrogens with one attached hydrogen (secondary N) is 1. The highest BCUT2D eigenvalue weighted by atomic mass is 79.9. The SMILES string of the molecule is CCOC(=O)c1c(NC(=O)c2cc(-c3ccc(Br)cc3)nc3ccccc23)sc2c1CCC(C(C)(C)C)C2. The molecule has 2 aromatic carbocycles. The molecule has 7 heteroatoms. The molecule has 1 N–H and O–H groups in total. The zero-order valence-corrected chi connectivity index (χ0v) is 24.5. The fourth-order valence-corrected chi connectivity index (χ4v) is 6.71. The first-order valence-electron chi connectivity index (χ1n) is 12.9. The molecule has 5 rings (SSSR count). The Labute approximate surface area is 235 Å². The number of esters is 1. The Bertz CT molecular complexity index is 1520. The highest BCUT2D eigenvalue weighted by Gasteiger charge is 2.34. The van der Waals surface area contributed by atoms with E-state index in [4.69, 9.17) is 9.72 Å². The third-order valence-electron chi connectivity index (χ3n) is 7.30. The average molecular weight is 592 g/mol. The average Bonchev–Trinajstić information content (AvgIpc) is 3.25. The van der Waals surface area contributed by atoms with Crippen molar-refractivity contribution in [3.8, 4) is 11.3 Å². The van der Waals surface area contributed by atoms with Crippen LogP contribution in [0, 0.1) is 11.3 Å². The number of para-hydroxylation sites is 1. The van der Waals surface area contributed by atoms with Gasteiger partial charge in [0, 0.05) is 20.3 Å². The maximum atomic E-state index is 13.8. The summed E-state index contributed by atoms with van der Waals surface area (Å²) < 4.78 is 6.41. The third-order valence-corrected chi connectivity index (χ3v) is 9.00. The maximum absolute atomic E-state index is 13.8. The number of benzene rings is 2. The fourth-order valence-electron chi connectivity index (χ4n) is 5.13. The van der Waals surface area contributed by atoms with Crippen LogP contribution in [0.3, 0.4) is 0 Å². The Morgan fingerprint density at radius 3 is 2.58 bits per heavy atom. The van der Waals surface area contributed by atoms with Gasteiger partial charge in [0.2, 0.25) is 0 Å². The second kappa shape index (κ2) is 10.6. The second-order valence-electron chi connectivity index (χ2n) is 10.8. The quantitative estimate of drug-likeness (QED) is 0.237. The molecular formula is C31H31BrN2O3S. The minimum atomic E-state index is -0.371. The van der Waals surface area contributed by atoms with Gasteiger partial charge in [0.15, 0.2) is 0 Å². The number of anilines is 1. The monoisotopic (exact) mass is 590 g/mol. The summed E-state index contributed by atoms with van der Waals surface area (Å²) in [4.78, 5) is 32.9. The number of nitrogens with zero attached hydrogens (tertiary/aromatic N) is 1. The molecule has 0 saturated carbocycles. The van der Waals surface area contributed by atoms with E-state index >= 15 is 0 Å². The van der Waals surface area contributed by atoms with E-state index in [1.807, 2.05) is 54.6 Å². The summed E-state index contributed by atoms with van der Waals surface area (Å²) in [5.74, 6) is -0.118. The molecule has 5 nitrogen and oxygen atoms in total. The minimum absolute atomic E-state index is 0.175. The second-order valence-corrected chi connectivity index (χ2v) is 12.8. The molecule has 1 aliphatic rings. The number of halogens is 1. The molecule has 0 bridgehead atoms. The van der Waals surface area contributed by atoms with Gasteiger partial charge < -0.3 is 10.1 Å². The van der Waals surface area contributed by atoms with Crippen LogP contribution in [0.1, 0.15) is 65.3 Å². The van der Waals surface area contributed by atoms with Crippen LogP contribution in [-0.2, 0) is 17.6 Å². The third kappa shape index (κ3) is 5.27. The zero-order chi connectivity index (χ0) is 27.0. The number of fused-ring (bicyclic) bond motifs is 2. The van der Waals surface area contributed by atoms with E-state index in [1.54, 1.807) is 6.92 Å².